The number of hydrogen-bond donors (Lipinski definition) is 1. The molecule has 4 rings (SSSR count). The van der Waals surface area contributed by atoms with Crippen LogP contribution < -0.4 is 5.32 Å². The number of rotatable bonds is 11. The van der Waals surface area contributed by atoms with Crippen molar-refractivity contribution in [3.63, 3.8) is 0 Å². The Kier molecular flexibility index (Phi) is 9.06. The van der Waals surface area contributed by atoms with Crippen LogP contribution in [0, 0.1) is 20.2 Å². The van der Waals surface area contributed by atoms with Crippen LogP contribution in [0.5, 0.6) is 0 Å². The van der Waals surface area contributed by atoms with E-state index in [0.717, 1.165) is 0 Å². The number of fused-ring (bicyclic) bond motifs is 1. The SMILES string of the molecule is CC=C1C(=O)N2C(C(=O)OCc3ccc([N+](=O)[O-])cc3)=C(SCCNC(=O)OCc3ccc([N+](=O)[O-])cc3)SC12. The molecule has 1 N–H and O–H groups in total. The highest BCUT2D eigenvalue weighted by Crippen LogP contribution is 2.52. The number of nitrogens with zero attached hydrogens (tertiary/aromatic N) is 3. The van der Waals surface area contributed by atoms with Crippen LogP contribution in [0.4, 0.5) is 16.2 Å². The monoisotopic (exact) mass is 586 g/mol. The molecule has 40 heavy (non-hydrogen) atoms. The Morgan fingerprint density at radius 1 is 1.00 bits per heavy atom. The first-order chi connectivity index (χ1) is 19.2. The molecule has 0 radical (unpaired) electrons. The topological polar surface area (TPSA) is 171 Å². The average Bonchev–Trinajstić information content (AvgIpc) is 3.28. The van der Waals surface area contributed by atoms with Crippen LogP contribution in [0.3, 0.4) is 0 Å². The van der Waals surface area contributed by atoms with Crippen molar-refractivity contribution < 1.29 is 33.7 Å². The lowest BCUT2D eigenvalue weighted by atomic mass is 10.1. The highest BCUT2D eigenvalue weighted by Gasteiger charge is 2.52. The molecule has 2 amide bonds. The summed E-state index contributed by atoms with van der Waals surface area (Å²) in [7, 11) is 0. The molecule has 15 heteroatoms. The van der Waals surface area contributed by atoms with Crippen molar-refractivity contribution in [2.24, 2.45) is 0 Å². The number of thioether (sulfide) groups is 2. The highest BCUT2D eigenvalue weighted by atomic mass is 32.2. The fourth-order valence-corrected chi connectivity index (χ4v) is 6.38. The fourth-order valence-electron chi connectivity index (χ4n) is 3.71. The van der Waals surface area contributed by atoms with E-state index in [1.54, 1.807) is 13.0 Å². The molecule has 1 fully saturated rings. The maximum absolute atomic E-state index is 13.0. The van der Waals surface area contributed by atoms with Gasteiger partial charge >= 0.3 is 12.1 Å². The molecule has 0 spiro atoms. The van der Waals surface area contributed by atoms with Crippen molar-refractivity contribution >= 4 is 52.9 Å². The Hall–Kier alpha value is -4.37. The Bertz CT molecular complexity index is 1410. The molecule has 2 aliphatic rings. The van der Waals surface area contributed by atoms with Crippen LogP contribution in [0.15, 0.2) is 70.1 Å². The third-order valence-corrected chi connectivity index (χ3v) is 8.36. The summed E-state index contributed by atoms with van der Waals surface area (Å²) in [5.41, 5.74) is 1.70. The van der Waals surface area contributed by atoms with Gasteiger partial charge in [0.2, 0.25) is 0 Å². The minimum Gasteiger partial charge on any atom is -0.456 e. The Morgan fingerprint density at radius 3 is 2.08 bits per heavy atom. The smallest absolute Gasteiger partial charge is 0.407 e. The van der Waals surface area contributed by atoms with Crippen molar-refractivity contribution in [1.29, 1.82) is 0 Å². The number of nitro benzene ring substituents is 2. The van der Waals surface area contributed by atoms with Gasteiger partial charge in [-0.05, 0) is 42.3 Å². The van der Waals surface area contributed by atoms with Crippen molar-refractivity contribution in [1.82, 2.24) is 10.2 Å². The van der Waals surface area contributed by atoms with E-state index in [2.05, 4.69) is 5.32 Å². The molecule has 0 aromatic heterocycles. The summed E-state index contributed by atoms with van der Waals surface area (Å²) in [6.45, 7) is 1.75. The number of nitro groups is 2. The molecule has 0 saturated carbocycles. The molecule has 1 atom stereocenters. The molecule has 0 bridgehead atoms. The lowest BCUT2D eigenvalue weighted by Crippen LogP contribution is -2.51. The number of allylic oxidation sites excluding steroid dienone is 1. The summed E-state index contributed by atoms with van der Waals surface area (Å²) in [6, 6.07) is 11.2. The summed E-state index contributed by atoms with van der Waals surface area (Å²) < 4.78 is 11.1. The molecule has 13 nitrogen and oxygen atoms in total. The van der Waals surface area contributed by atoms with Crippen LogP contribution >= 0.6 is 23.5 Å². The van der Waals surface area contributed by atoms with E-state index in [9.17, 15) is 34.6 Å². The molecule has 2 aliphatic heterocycles. The van der Waals surface area contributed by atoms with E-state index < -0.39 is 21.9 Å². The summed E-state index contributed by atoms with van der Waals surface area (Å²) in [4.78, 5) is 59.5. The first kappa shape index (κ1) is 28.6. The van der Waals surface area contributed by atoms with E-state index in [4.69, 9.17) is 9.47 Å². The van der Waals surface area contributed by atoms with Crippen LogP contribution in [-0.4, -0.2) is 50.4 Å². The second-order valence-corrected chi connectivity index (χ2v) is 10.8. The van der Waals surface area contributed by atoms with E-state index in [1.807, 2.05) is 0 Å². The maximum atomic E-state index is 13.0. The van der Waals surface area contributed by atoms with Gasteiger partial charge in [0.05, 0.1) is 14.1 Å². The highest BCUT2D eigenvalue weighted by molar-refractivity contribution is 8.22. The number of non-ortho nitro benzene ring substituents is 2. The van der Waals surface area contributed by atoms with Crippen molar-refractivity contribution in [3.05, 3.63) is 101 Å². The molecular formula is C25H22N4O9S2. The van der Waals surface area contributed by atoms with Gasteiger partial charge < -0.3 is 14.8 Å². The number of amides is 2. The van der Waals surface area contributed by atoms with Gasteiger partial charge in [-0.1, -0.05) is 17.8 Å². The number of ether oxygens (including phenoxy) is 2. The van der Waals surface area contributed by atoms with Crippen LogP contribution in [0.2, 0.25) is 0 Å². The Labute approximate surface area is 235 Å². The Morgan fingerprint density at radius 2 is 1.55 bits per heavy atom. The zero-order valence-corrected chi connectivity index (χ0v) is 22.6. The zero-order valence-electron chi connectivity index (χ0n) is 20.9. The fraction of sp³-hybridized carbons (Fsp3) is 0.240. The van der Waals surface area contributed by atoms with Gasteiger partial charge in [0.15, 0.2) is 5.70 Å². The first-order valence-corrected chi connectivity index (χ1v) is 13.6. The second kappa shape index (κ2) is 12.7. The molecule has 208 valence electrons. The van der Waals surface area contributed by atoms with Gasteiger partial charge in [-0.15, -0.1) is 11.8 Å². The number of benzene rings is 2. The third-order valence-electron chi connectivity index (χ3n) is 5.76. The van der Waals surface area contributed by atoms with Crippen molar-refractivity contribution in [3.8, 4) is 0 Å². The predicted molar refractivity (Wildman–Crippen MR) is 146 cm³/mol. The molecule has 0 aliphatic carbocycles. The van der Waals surface area contributed by atoms with Gasteiger partial charge in [0.25, 0.3) is 17.3 Å². The predicted octanol–water partition coefficient (Wildman–Crippen LogP) is 4.24. The van der Waals surface area contributed by atoms with E-state index in [1.165, 1.54) is 77.0 Å². The normalized spacial score (nSPS) is 16.8. The average molecular weight is 587 g/mol. The number of esters is 1. The Balaban J connectivity index is 1.30. The number of alkyl carbamates (subject to hydrolysis) is 1. The second-order valence-electron chi connectivity index (χ2n) is 8.30. The molecule has 2 aromatic carbocycles. The number of hydrogen-bond acceptors (Lipinski definition) is 11. The number of carbonyl (C=O) groups excluding carboxylic acids is 3. The van der Waals surface area contributed by atoms with Gasteiger partial charge in [-0.25, -0.2) is 9.59 Å². The van der Waals surface area contributed by atoms with Crippen LogP contribution in [0.1, 0.15) is 18.1 Å². The number of carbonyl (C=O) groups is 3. The lowest BCUT2D eigenvalue weighted by Gasteiger charge is -2.37. The van der Waals surface area contributed by atoms with Crippen molar-refractivity contribution in [2.45, 2.75) is 25.5 Å². The quantitative estimate of drug-likeness (QED) is 0.0997. The van der Waals surface area contributed by atoms with E-state index in [0.29, 0.717) is 26.7 Å². The summed E-state index contributed by atoms with van der Waals surface area (Å²) in [5, 5.41) is 23.8. The summed E-state index contributed by atoms with van der Waals surface area (Å²) in [6.07, 6.45) is 1.02. The first-order valence-electron chi connectivity index (χ1n) is 11.8. The minimum absolute atomic E-state index is 0.0619. The van der Waals surface area contributed by atoms with Gasteiger partial charge in [0.1, 0.15) is 18.6 Å². The number of nitrogens with one attached hydrogen (secondary N) is 1. The summed E-state index contributed by atoms with van der Waals surface area (Å²) >= 11 is 2.62. The third kappa shape index (κ3) is 6.43. The minimum atomic E-state index is -0.699. The molecule has 1 unspecified atom stereocenters. The van der Waals surface area contributed by atoms with Crippen LogP contribution in [-0.2, 0) is 32.3 Å². The molecule has 2 aromatic rings. The van der Waals surface area contributed by atoms with E-state index in [-0.39, 0.29) is 48.1 Å². The zero-order chi connectivity index (χ0) is 28.8. The van der Waals surface area contributed by atoms with Gasteiger partial charge in [-0.3, -0.25) is 29.9 Å². The summed E-state index contributed by atoms with van der Waals surface area (Å²) in [5.74, 6) is -0.616. The van der Waals surface area contributed by atoms with E-state index >= 15 is 0 Å². The maximum Gasteiger partial charge on any atom is 0.407 e. The standard InChI is InChI=1S/C25H22N4O9S2/c1-2-19-21(30)27-20(23(31)37-13-15-3-7-17(8-4-15)28(33)34)24(40-22(19)27)39-12-11-26-25(32)38-14-16-5-9-18(10-6-16)29(35)36/h2-10,22H,11-14H2,1H3,(H,26,32). The lowest BCUT2D eigenvalue weighted by molar-refractivity contribution is -0.385. The van der Waals surface area contributed by atoms with Crippen LogP contribution in [0.25, 0.3) is 0 Å². The molecule has 1 saturated heterocycles. The van der Waals surface area contributed by atoms with Crippen molar-refractivity contribution in [2.75, 3.05) is 12.3 Å². The molecule has 2 heterocycles. The largest absolute Gasteiger partial charge is 0.456 e. The van der Waals surface area contributed by atoms with Gasteiger partial charge in [0, 0.05) is 42.1 Å². The molecular weight excluding hydrogens is 564 g/mol. The number of β-lactam (4-membered cyclic amide) rings is 1. The van der Waals surface area contributed by atoms with Gasteiger partial charge in [-0.2, -0.15) is 0 Å².